The van der Waals surface area contributed by atoms with Crippen LogP contribution in [0, 0.1) is 19.7 Å². The van der Waals surface area contributed by atoms with Crippen LogP contribution in [0.4, 0.5) is 4.39 Å². The molecule has 140 valence electrons. The summed E-state index contributed by atoms with van der Waals surface area (Å²) in [4.78, 5) is 12.6. The second-order valence-electron chi connectivity index (χ2n) is 5.93. The Hall–Kier alpha value is -2.86. The first-order valence-corrected chi connectivity index (χ1v) is 8.74. The van der Waals surface area contributed by atoms with E-state index in [9.17, 15) is 9.18 Å². The van der Waals surface area contributed by atoms with Crippen molar-refractivity contribution in [2.45, 2.75) is 13.8 Å². The molecule has 0 aliphatic carbocycles. The predicted molar refractivity (Wildman–Crippen MR) is 101 cm³/mol. The Labute approximate surface area is 161 Å². The monoisotopic (exact) mass is 388 g/mol. The van der Waals surface area contributed by atoms with Crippen LogP contribution in [-0.4, -0.2) is 24.2 Å². The van der Waals surface area contributed by atoms with Crippen LogP contribution in [0.1, 0.15) is 21.7 Å². The molecule has 5 nitrogen and oxygen atoms in total. The van der Waals surface area contributed by atoms with Gasteiger partial charge in [-0.3, -0.25) is 4.79 Å². The topological polar surface area (TPSA) is 64.4 Å². The van der Waals surface area contributed by atoms with Gasteiger partial charge in [0.25, 0.3) is 5.91 Å². The normalized spacial score (nSPS) is 10.7. The van der Waals surface area contributed by atoms with Gasteiger partial charge in [-0.05, 0) is 37.6 Å². The SMILES string of the molecule is Cc1ccccc1OCCNC(=O)c1c(-c2c(F)cccc2Cl)noc1C. The van der Waals surface area contributed by atoms with E-state index in [1.165, 1.54) is 18.2 Å². The quantitative estimate of drug-likeness (QED) is 0.629. The molecule has 1 aromatic heterocycles. The van der Waals surface area contributed by atoms with Crippen molar-refractivity contribution in [3.63, 3.8) is 0 Å². The molecule has 3 rings (SSSR count). The van der Waals surface area contributed by atoms with Crippen molar-refractivity contribution in [3.8, 4) is 17.0 Å². The lowest BCUT2D eigenvalue weighted by atomic mass is 10.0. The summed E-state index contributed by atoms with van der Waals surface area (Å²) in [6.07, 6.45) is 0. The van der Waals surface area contributed by atoms with E-state index in [1.807, 2.05) is 31.2 Å². The third-order valence-corrected chi connectivity index (χ3v) is 4.34. The summed E-state index contributed by atoms with van der Waals surface area (Å²) in [7, 11) is 0. The number of amides is 1. The molecule has 0 aliphatic heterocycles. The van der Waals surface area contributed by atoms with E-state index in [0.717, 1.165) is 11.3 Å². The second kappa shape index (κ2) is 8.22. The highest BCUT2D eigenvalue weighted by Crippen LogP contribution is 2.33. The van der Waals surface area contributed by atoms with Crippen molar-refractivity contribution in [2.75, 3.05) is 13.2 Å². The highest BCUT2D eigenvalue weighted by atomic mass is 35.5. The van der Waals surface area contributed by atoms with Gasteiger partial charge in [-0.15, -0.1) is 0 Å². The zero-order chi connectivity index (χ0) is 19.4. The second-order valence-corrected chi connectivity index (χ2v) is 6.34. The predicted octanol–water partition coefficient (Wildman–Crippen LogP) is 4.56. The molecule has 1 N–H and O–H groups in total. The Morgan fingerprint density at radius 2 is 2.00 bits per heavy atom. The van der Waals surface area contributed by atoms with Gasteiger partial charge in [-0.2, -0.15) is 0 Å². The van der Waals surface area contributed by atoms with Crippen LogP contribution in [0.3, 0.4) is 0 Å². The van der Waals surface area contributed by atoms with Gasteiger partial charge in [0.2, 0.25) is 0 Å². The van der Waals surface area contributed by atoms with Gasteiger partial charge >= 0.3 is 0 Å². The van der Waals surface area contributed by atoms with Gasteiger partial charge < -0.3 is 14.6 Å². The lowest BCUT2D eigenvalue weighted by Gasteiger charge is -2.10. The van der Waals surface area contributed by atoms with Gasteiger partial charge in [0, 0.05) is 0 Å². The summed E-state index contributed by atoms with van der Waals surface area (Å²) in [6.45, 7) is 4.09. The van der Waals surface area contributed by atoms with Gasteiger partial charge in [0.15, 0.2) is 0 Å². The Morgan fingerprint density at radius 1 is 1.22 bits per heavy atom. The molecule has 2 aromatic carbocycles. The van der Waals surface area contributed by atoms with E-state index in [4.69, 9.17) is 20.9 Å². The fourth-order valence-corrected chi connectivity index (χ4v) is 2.92. The number of aromatic nitrogens is 1. The highest BCUT2D eigenvalue weighted by molar-refractivity contribution is 6.33. The number of hydrogen-bond acceptors (Lipinski definition) is 4. The highest BCUT2D eigenvalue weighted by Gasteiger charge is 2.25. The number of benzene rings is 2. The molecule has 3 aromatic rings. The molecule has 0 radical (unpaired) electrons. The third kappa shape index (κ3) is 4.11. The Bertz CT molecular complexity index is 951. The number of carbonyl (C=O) groups excluding carboxylic acids is 1. The maximum atomic E-state index is 14.2. The molecule has 1 amide bonds. The molecule has 7 heteroatoms. The van der Waals surface area contributed by atoms with Gasteiger partial charge in [-0.1, -0.05) is 41.0 Å². The summed E-state index contributed by atoms with van der Waals surface area (Å²) in [6, 6.07) is 11.9. The molecular formula is C20H18ClFN2O3. The summed E-state index contributed by atoms with van der Waals surface area (Å²) < 4.78 is 25.0. The van der Waals surface area contributed by atoms with E-state index < -0.39 is 11.7 Å². The molecule has 0 spiro atoms. The zero-order valence-electron chi connectivity index (χ0n) is 14.9. The van der Waals surface area contributed by atoms with Crippen LogP contribution < -0.4 is 10.1 Å². The Balaban J connectivity index is 1.71. The van der Waals surface area contributed by atoms with E-state index in [2.05, 4.69) is 10.5 Å². The van der Waals surface area contributed by atoms with Crippen molar-refractivity contribution in [1.82, 2.24) is 10.5 Å². The number of para-hydroxylation sites is 1. The molecule has 0 atom stereocenters. The minimum Gasteiger partial charge on any atom is -0.491 e. The average Bonchev–Trinajstić information content (AvgIpc) is 3.01. The summed E-state index contributed by atoms with van der Waals surface area (Å²) >= 11 is 6.09. The van der Waals surface area contributed by atoms with Gasteiger partial charge in [-0.25, -0.2) is 4.39 Å². The van der Waals surface area contributed by atoms with Crippen LogP contribution in [0.2, 0.25) is 5.02 Å². The maximum Gasteiger partial charge on any atom is 0.257 e. The maximum absolute atomic E-state index is 14.2. The molecule has 0 fully saturated rings. The van der Waals surface area contributed by atoms with Crippen LogP contribution in [0.15, 0.2) is 47.0 Å². The van der Waals surface area contributed by atoms with Crippen LogP contribution in [0.25, 0.3) is 11.3 Å². The van der Waals surface area contributed by atoms with E-state index >= 15 is 0 Å². The number of carbonyl (C=O) groups is 1. The molecule has 0 saturated carbocycles. The largest absolute Gasteiger partial charge is 0.491 e. The molecule has 0 unspecified atom stereocenters. The van der Waals surface area contributed by atoms with Crippen molar-refractivity contribution in [1.29, 1.82) is 0 Å². The molecule has 0 saturated heterocycles. The van der Waals surface area contributed by atoms with E-state index in [1.54, 1.807) is 6.92 Å². The molecular weight excluding hydrogens is 371 g/mol. The van der Waals surface area contributed by atoms with Gasteiger partial charge in [0.05, 0.1) is 17.1 Å². The number of rotatable bonds is 6. The lowest BCUT2D eigenvalue weighted by molar-refractivity contribution is 0.0946. The summed E-state index contributed by atoms with van der Waals surface area (Å²) in [5, 5.41) is 6.71. The minimum absolute atomic E-state index is 0.0392. The molecule has 27 heavy (non-hydrogen) atoms. The number of ether oxygens (including phenoxy) is 1. The number of nitrogens with zero attached hydrogens (tertiary/aromatic N) is 1. The number of hydrogen-bond donors (Lipinski definition) is 1. The molecule has 0 aliphatic rings. The van der Waals surface area contributed by atoms with Crippen molar-refractivity contribution >= 4 is 17.5 Å². The van der Waals surface area contributed by atoms with Gasteiger partial charge in [0.1, 0.15) is 35.2 Å². The smallest absolute Gasteiger partial charge is 0.257 e. The molecule has 0 bridgehead atoms. The zero-order valence-corrected chi connectivity index (χ0v) is 15.6. The number of halogens is 2. The lowest BCUT2D eigenvalue weighted by Crippen LogP contribution is -2.28. The first-order valence-electron chi connectivity index (χ1n) is 8.36. The van der Waals surface area contributed by atoms with E-state index in [-0.39, 0.29) is 40.8 Å². The third-order valence-electron chi connectivity index (χ3n) is 4.03. The Morgan fingerprint density at radius 3 is 2.74 bits per heavy atom. The Kier molecular flexibility index (Phi) is 5.76. The van der Waals surface area contributed by atoms with Crippen molar-refractivity contribution in [2.24, 2.45) is 0 Å². The average molecular weight is 389 g/mol. The number of aryl methyl sites for hydroxylation is 2. The minimum atomic E-state index is -0.576. The first-order chi connectivity index (χ1) is 13.0. The summed E-state index contributed by atoms with van der Waals surface area (Å²) in [5.74, 6) is 0.0255. The molecule has 1 heterocycles. The summed E-state index contributed by atoms with van der Waals surface area (Å²) in [5.41, 5.74) is 1.28. The fraction of sp³-hybridized carbons (Fsp3) is 0.200. The first kappa shape index (κ1) is 18.9. The number of nitrogens with one attached hydrogen (secondary N) is 1. The van der Waals surface area contributed by atoms with Crippen LogP contribution in [0.5, 0.6) is 5.75 Å². The van der Waals surface area contributed by atoms with Crippen molar-refractivity contribution in [3.05, 3.63) is 70.2 Å². The van der Waals surface area contributed by atoms with E-state index in [0.29, 0.717) is 0 Å². The van der Waals surface area contributed by atoms with Crippen LogP contribution in [-0.2, 0) is 0 Å². The standard InChI is InChI=1S/C20H18ClFN2O3/c1-12-6-3-4-9-16(12)26-11-10-23-20(25)17-13(2)27-24-19(17)18-14(21)7-5-8-15(18)22/h3-9H,10-11H2,1-2H3,(H,23,25). The van der Waals surface area contributed by atoms with Crippen molar-refractivity contribution < 1.29 is 18.4 Å². The van der Waals surface area contributed by atoms with Crippen LogP contribution >= 0.6 is 11.6 Å². The fourth-order valence-electron chi connectivity index (χ4n) is 2.67.